The monoisotopic (exact) mass is 738 g/mol. The van der Waals surface area contributed by atoms with Crippen LogP contribution in [0.25, 0.3) is 21.8 Å². The van der Waals surface area contributed by atoms with Gasteiger partial charge >= 0.3 is 10.1 Å². The van der Waals surface area contributed by atoms with Gasteiger partial charge in [-0.05, 0) is 61.6 Å². The van der Waals surface area contributed by atoms with Crippen molar-refractivity contribution in [3.63, 3.8) is 0 Å². The van der Waals surface area contributed by atoms with Gasteiger partial charge in [-0.1, -0.05) is 3.97 Å². The molecule has 0 saturated carbocycles. The van der Waals surface area contributed by atoms with E-state index in [4.69, 9.17) is 23.8 Å². The van der Waals surface area contributed by atoms with Crippen LogP contribution in [0.2, 0.25) is 0 Å². The average molecular weight is 739 g/mol. The molecule has 2 aromatic heterocycles. The number of nitrogens with zero attached hydrogens (tertiary/aromatic N) is 6. The van der Waals surface area contributed by atoms with E-state index in [1.54, 1.807) is 37.8 Å². The molecule has 1 spiro atoms. The molecule has 274 valence electrons. The van der Waals surface area contributed by atoms with E-state index in [0.29, 0.717) is 42.4 Å². The highest BCUT2D eigenvalue weighted by Gasteiger charge is 2.43. The van der Waals surface area contributed by atoms with Crippen LogP contribution < -0.4 is 32.7 Å². The maximum atomic E-state index is 14.1. The first-order valence-corrected chi connectivity index (χ1v) is 20.8. The predicted molar refractivity (Wildman–Crippen MR) is 199 cm³/mol. The highest BCUT2D eigenvalue weighted by Crippen LogP contribution is 2.43. The lowest BCUT2D eigenvalue weighted by Gasteiger charge is -2.40. The molecule has 7 rings (SSSR count). The zero-order valence-electron chi connectivity index (χ0n) is 29.7. The van der Waals surface area contributed by atoms with Gasteiger partial charge in [0.25, 0.3) is 0 Å². The Morgan fingerprint density at radius 3 is 2.25 bits per heavy atom. The molecule has 5 heterocycles. The van der Waals surface area contributed by atoms with Crippen LogP contribution in [0, 0.1) is 20.9 Å². The molecule has 2 aromatic carbocycles. The molecule has 3 N–H and O–H groups in total. The smallest absolute Gasteiger partial charge is 0.337 e. The molecule has 4 aromatic rings. The fourth-order valence-corrected chi connectivity index (χ4v) is 10.2. The summed E-state index contributed by atoms with van der Waals surface area (Å²) < 4.78 is 66.7. The molecule has 0 radical (unpaired) electrons. The van der Waals surface area contributed by atoms with Crippen molar-refractivity contribution < 1.29 is 26.6 Å². The fraction of sp³-hybridized carbons (Fsp3) is 0.514. The summed E-state index contributed by atoms with van der Waals surface area (Å²) in [6, 6.07) is 11.5. The molecule has 0 aliphatic carbocycles. The SMILES string of the molecule is COc1ccc2c(N3CCC4(CC3)CCN(S(C)(=N)=O)C4)cc[n+](S(=N)(=O)NCC3CCN(c4ncnc5cc(OC)c(OC)cc45)CC3)c2c1. The normalized spacial score (nSPS) is 20.8. The van der Waals surface area contributed by atoms with Crippen LogP contribution in [0.5, 0.6) is 17.2 Å². The van der Waals surface area contributed by atoms with Gasteiger partial charge in [-0.2, -0.15) is 13.7 Å². The van der Waals surface area contributed by atoms with Crippen LogP contribution in [-0.4, -0.2) is 96.1 Å². The Hall–Kier alpha value is -3.99. The van der Waals surface area contributed by atoms with Crippen LogP contribution in [0.15, 0.2) is 48.9 Å². The van der Waals surface area contributed by atoms with Crippen molar-refractivity contribution in [2.45, 2.75) is 32.1 Å². The van der Waals surface area contributed by atoms with E-state index in [1.807, 2.05) is 40.7 Å². The minimum atomic E-state index is -3.42. The number of hydrogen-bond donors (Lipinski definition) is 3. The standard InChI is InChI=1S/C35H48N9O5S2/c1-47-26-5-6-27-30(41-16-10-35(11-17-41)12-18-43(23-35)50(4,36)45)9-15-44(31(27)19-26)51(37,46)40-22-25-7-13-42(14-8-25)34-28-20-32(48-2)33(49-3)21-29(28)38-24-39-34/h5-6,9,15,19-21,24-25,36H,7-8,10-14,16-18,22-23H2,1-4H3,(H2,37,40,46)/q+1. The molecule has 14 nitrogen and oxygen atoms in total. The number of methoxy groups -OCH3 is 3. The molecule has 16 heteroatoms. The van der Waals surface area contributed by atoms with E-state index in [-0.39, 0.29) is 11.3 Å². The van der Waals surface area contributed by atoms with Gasteiger partial charge in [-0.3, -0.25) is 0 Å². The number of benzene rings is 2. The van der Waals surface area contributed by atoms with Gasteiger partial charge in [-0.15, -0.1) is 0 Å². The highest BCUT2D eigenvalue weighted by atomic mass is 32.2. The quantitative estimate of drug-likeness (QED) is 0.203. The lowest BCUT2D eigenvalue weighted by Crippen LogP contribution is -2.52. The van der Waals surface area contributed by atoms with Gasteiger partial charge in [-0.25, -0.2) is 23.3 Å². The summed E-state index contributed by atoms with van der Waals surface area (Å²) in [5.74, 6) is 2.96. The third kappa shape index (κ3) is 6.98. The van der Waals surface area contributed by atoms with Gasteiger partial charge in [0.05, 0.1) is 44.0 Å². The molecule has 3 fully saturated rings. The summed E-state index contributed by atoms with van der Waals surface area (Å²) in [6.45, 7) is 5.07. The summed E-state index contributed by atoms with van der Waals surface area (Å²) in [5, 5.41) is 1.81. The number of aromatic nitrogens is 3. The van der Waals surface area contributed by atoms with Gasteiger partial charge in [0.1, 0.15) is 27.8 Å². The molecule has 3 saturated heterocycles. The molecule has 0 bridgehead atoms. The number of anilines is 2. The molecular weight excluding hydrogens is 691 g/mol. The topological polar surface area (TPSA) is 161 Å². The maximum Gasteiger partial charge on any atom is 0.337 e. The summed E-state index contributed by atoms with van der Waals surface area (Å²) in [4.78, 5) is 13.7. The Balaban J connectivity index is 1.04. The van der Waals surface area contributed by atoms with E-state index in [2.05, 4.69) is 24.5 Å². The van der Waals surface area contributed by atoms with E-state index in [0.717, 1.165) is 86.1 Å². The largest absolute Gasteiger partial charge is 0.497 e. The minimum absolute atomic E-state index is 0.0871. The van der Waals surface area contributed by atoms with Crippen molar-refractivity contribution in [2.75, 3.05) is 83.2 Å². The Morgan fingerprint density at radius 1 is 0.882 bits per heavy atom. The number of ether oxygens (including phenoxy) is 3. The number of nitrogens with one attached hydrogen (secondary N) is 3. The number of hydrogen-bond acceptors (Lipinski definition) is 11. The Morgan fingerprint density at radius 2 is 1.59 bits per heavy atom. The Kier molecular flexibility index (Phi) is 9.62. The Bertz CT molecular complexity index is 2150. The third-order valence-corrected chi connectivity index (χ3v) is 13.8. The third-order valence-electron chi connectivity index (χ3n) is 11.0. The zero-order chi connectivity index (χ0) is 36.0. The summed E-state index contributed by atoms with van der Waals surface area (Å²) in [5.41, 5.74) is 2.57. The van der Waals surface area contributed by atoms with Crippen molar-refractivity contribution >= 4 is 53.3 Å². The highest BCUT2D eigenvalue weighted by molar-refractivity contribution is 7.89. The van der Waals surface area contributed by atoms with Crippen LogP contribution in [0.3, 0.4) is 0 Å². The lowest BCUT2D eigenvalue weighted by molar-refractivity contribution is -0.479. The summed E-state index contributed by atoms with van der Waals surface area (Å²) in [7, 11) is -1.29. The van der Waals surface area contributed by atoms with Crippen LogP contribution in [0.4, 0.5) is 11.5 Å². The number of pyridine rings is 1. The second kappa shape index (κ2) is 13.9. The molecular formula is C35H48N9O5S2+. The van der Waals surface area contributed by atoms with Crippen molar-refractivity contribution in [1.29, 1.82) is 9.56 Å². The first-order chi connectivity index (χ1) is 24.4. The molecule has 0 amide bonds. The first-order valence-electron chi connectivity index (χ1n) is 17.4. The van der Waals surface area contributed by atoms with E-state index in [9.17, 15) is 8.42 Å². The Labute approximate surface area is 300 Å². The average Bonchev–Trinajstić information content (AvgIpc) is 3.57. The van der Waals surface area contributed by atoms with Crippen molar-refractivity contribution in [3.05, 3.63) is 48.9 Å². The van der Waals surface area contributed by atoms with Crippen LogP contribution in [0.1, 0.15) is 32.1 Å². The van der Waals surface area contributed by atoms with Crippen LogP contribution >= 0.6 is 0 Å². The number of fused-ring (bicyclic) bond motifs is 2. The molecule has 2 unspecified atom stereocenters. The summed E-state index contributed by atoms with van der Waals surface area (Å²) >= 11 is 0. The molecule has 2 atom stereocenters. The fourth-order valence-electron chi connectivity index (χ4n) is 7.94. The predicted octanol–water partition coefficient (Wildman–Crippen LogP) is 4.21. The maximum absolute atomic E-state index is 14.1. The van der Waals surface area contributed by atoms with Gasteiger partial charge in [0.2, 0.25) is 5.52 Å². The second-order valence-corrected chi connectivity index (χ2v) is 17.9. The van der Waals surface area contributed by atoms with Gasteiger partial charge in [0, 0.05) is 69.6 Å². The molecule has 51 heavy (non-hydrogen) atoms. The van der Waals surface area contributed by atoms with E-state index < -0.39 is 20.0 Å². The number of rotatable bonds is 10. The van der Waals surface area contributed by atoms with E-state index in [1.165, 1.54) is 6.26 Å². The zero-order valence-corrected chi connectivity index (χ0v) is 31.4. The first kappa shape index (κ1) is 35.4. The van der Waals surface area contributed by atoms with Gasteiger partial charge < -0.3 is 24.0 Å². The van der Waals surface area contributed by atoms with Crippen molar-refractivity contribution in [2.24, 2.45) is 11.3 Å². The minimum Gasteiger partial charge on any atom is -0.497 e. The number of piperidine rings is 2. The van der Waals surface area contributed by atoms with Crippen molar-refractivity contribution in [3.8, 4) is 17.2 Å². The van der Waals surface area contributed by atoms with E-state index >= 15 is 0 Å². The summed E-state index contributed by atoms with van der Waals surface area (Å²) in [6.07, 6.45) is 9.43. The lowest BCUT2D eigenvalue weighted by atomic mass is 9.77. The van der Waals surface area contributed by atoms with Crippen molar-refractivity contribution in [1.82, 2.24) is 19.0 Å². The molecule has 3 aliphatic rings. The van der Waals surface area contributed by atoms with Gasteiger partial charge in [0.15, 0.2) is 17.7 Å². The molecule has 3 aliphatic heterocycles. The van der Waals surface area contributed by atoms with Crippen LogP contribution in [-0.2, 0) is 20.0 Å². The second-order valence-electron chi connectivity index (χ2n) is 14.0.